The van der Waals surface area contributed by atoms with Crippen LogP contribution in [0.2, 0.25) is 0 Å². The summed E-state index contributed by atoms with van der Waals surface area (Å²) in [4.78, 5) is 24.2. The summed E-state index contributed by atoms with van der Waals surface area (Å²) >= 11 is 0. The van der Waals surface area contributed by atoms with Crippen LogP contribution in [0.25, 0.3) is 11.0 Å². The molecule has 0 spiro atoms. The minimum atomic E-state index is -0.567. The Morgan fingerprint density at radius 2 is 1.67 bits per heavy atom. The average molecular weight is 370 g/mol. The number of benzene rings is 2. The van der Waals surface area contributed by atoms with Gasteiger partial charge in [-0.2, -0.15) is 0 Å². The maximum Gasteiger partial charge on any atom is 0.287 e. The van der Waals surface area contributed by atoms with Gasteiger partial charge in [0.15, 0.2) is 5.76 Å². The number of furan rings is 1. The lowest BCUT2D eigenvalue weighted by atomic mass is 10.2. The molecule has 0 bridgehead atoms. The Labute approximate surface area is 155 Å². The van der Waals surface area contributed by atoms with Gasteiger partial charge in [-0.15, -0.1) is 0 Å². The van der Waals surface area contributed by atoms with Gasteiger partial charge in [-0.1, -0.05) is 18.2 Å². The van der Waals surface area contributed by atoms with Gasteiger partial charge in [0.1, 0.15) is 24.6 Å². The van der Waals surface area contributed by atoms with Gasteiger partial charge in [0, 0.05) is 24.0 Å². The van der Waals surface area contributed by atoms with E-state index in [1.165, 1.54) is 0 Å². The van der Waals surface area contributed by atoms with E-state index in [0.29, 0.717) is 16.9 Å². The molecule has 7 heteroatoms. The van der Waals surface area contributed by atoms with Gasteiger partial charge in [0.2, 0.25) is 0 Å². The van der Waals surface area contributed by atoms with Crippen LogP contribution in [0.1, 0.15) is 20.9 Å². The molecule has 140 valence electrons. The van der Waals surface area contributed by atoms with Crippen LogP contribution in [0.3, 0.4) is 0 Å². The Kier molecular flexibility index (Phi) is 6.04. The van der Waals surface area contributed by atoms with Crippen LogP contribution < -0.4 is 15.4 Å². The highest BCUT2D eigenvalue weighted by atomic mass is 19.1. The minimum absolute atomic E-state index is 0.0174. The summed E-state index contributed by atoms with van der Waals surface area (Å²) < 4.78 is 22.7. The van der Waals surface area contributed by atoms with Crippen LogP contribution >= 0.6 is 0 Å². The van der Waals surface area contributed by atoms with E-state index in [1.54, 1.807) is 36.4 Å². The maximum absolute atomic E-state index is 12.1. The number of alkyl halides is 1. The third-order valence-electron chi connectivity index (χ3n) is 3.81. The van der Waals surface area contributed by atoms with Crippen molar-refractivity contribution in [2.45, 2.75) is 0 Å². The van der Waals surface area contributed by atoms with Crippen molar-refractivity contribution in [1.82, 2.24) is 10.6 Å². The van der Waals surface area contributed by atoms with Crippen LogP contribution in [0.15, 0.2) is 59.0 Å². The Morgan fingerprint density at radius 3 is 2.37 bits per heavy atom. The number of amides is 2. The van der Waals surface area contributed by atoms with Crippen LogP contribution in [-0.4, -0.2) is 38.2 Å². The molecule has 0 saturated carbocycles. The standard InChI is InChI=1S/C20H19FN2O4/c21-9-12-26-16-7-5-14(6-8-16)19(24)22-10-11-23-20(25)18-13-15-3-1-2-4-17(15)27-18/h1-8,13H,9-12H2,(H,22,24)(H,23,25). The van der Waals surface area contributed by atoms with E-state index in [2.05, 4.69) is 10.6 Å². The SMILES string of the molecule is O=C(NCCNC(=O)c1cc2ccccc2o1)c1ccc(OCCF)cc1. The lowest BCUT2D eigenvalue weighted by Crippen LogP contribution is -2.34. The Balaban J connectivity index is 1.43. The lowest BCUT2D eigenvalue weighted by molar-refractivity contribution is 0.0912. The predicted molar refractivity (Wildman–Crippen MR) is 98.8 cm³/mol. The van der Waals surface area contributed by atoms with Gasteiger partial charge in [-0.25, -0.2) is 4.39 Å². The highest BCUT2D eigenvalue weighted by molar-refractivity contribution is 5.96. The van der Waals surface area contributed by atoms with Crippen molar-refractivity contribution in [1.29, 1.82) is 0 Å². The molecule has 0 unspecified atom stereocenters. The fourth-order valence-corrected chi connectivity index (χ4v) is 2.49. The first kappa shape index (κ1) is 18.4. The summed E-state index contributed by atoms with van der Waals surface area (Å²) in [7, 11) is 0. The number of ether oxygens (including phenoxy) is 1. The number of para-hydroxylation sites is 1. The molecule has 0 aliphatic heterocycles. The predicted octanol–water partition coefficient (Wildman–Crippen LogP) is 2.94. The number of carbonyl (C=O) groups is 2. The van der Waals surface area contributed by atoms with E-state index < -0.39 is 6.67 Å². The molecule has 3 aromatic rings. The number of rotatable bonds is 8. The van der Waals surface area contributed by atoms with Gasteiger partial charge in [0.05, 0.1) is 0 Å². The van der Waals surface area contributed by atoms with Crippen LogP contribution in [0.5, 0.6) is 5.75 Å². The van der Waals surface area contributed by atoms with Crippen LogP contribution in [0.4, 0.5) is 4.39 Å². The molecule has 0 aliphatic carbocycles. The van der Waals surface area contributed by atoms with E-state index >= 15 is 0 Å². The van der Waals surface area contributed by atoms with E-state index in [4.69, 9.17) is 9.15 Å². The second-order valence-corrected chi connectivity index (χ2v) is 5.72. The number of hydrogen-bond acceptors (Lipinski definition) is 4. The highest BCUT2D eigenvalue weighted by Gasteiger charge is 2.11. The van der Waals surface area contributed by atoms with E-state index in [-0.39, 0.29) is 37.3 Å². The molecule has 2 amide bonds. The monoisotopic (exact) mass is 370 g/mol. The molecule has 0 radical (unpaired) electrons. The molecule has 6 nitrogen and oxygen atoms in total. The van der Waals surface area contributed by atoms with E-state index in [9.17, 15) is 14.0 Å². The summed E-state index contributed by atoms with van der Waals surface area (Å²) in [6, 6.07) is 15.4. The number of carbonyl (C=O) groups excluding carboxylic acids is 2. The first-order chi connectivity index (χ1) is 13.2. The van der Waals surface area contributed by atoms with Gasteiger partial charge in [0.25, 0.3) is 11.8 Å². The number of halogens is 1. The van der Waals surface area contributed by atoms with Gasteiger partial charge >= 0.3 is 0 Å². The second-order valence-electron chi connectivity index (χ2n) is 5.72. The molecule has 0 aliphatic rings. The van der Waals surface area contributed by atoms with Crippen LogP contribution in [0, 0.1) is 0 Å². The minimum Gasteiger partial charge on any atom is -0.491 e. The van der Waals surface area contributed by atoms with Gasteiger partial charge in [-0.05, 0) is 36.4 Å². The second kappa shape index (κ2) is 8.84. The third-order valence-corrected chi connectivity index (χ3v) is 3.81. The normalized spacial score (nSPS) is 10.6. The topological polar surface area (TPSA) is 80.6 Å². The Bertz CT molecular complexity index is 888. The zero-order chi connectivity index (χ0) is 19.1. The zero-order valence-electron chi connectivity index (χ0n) is 14.5. The molecule has 0 saturated heterocycles. The van der Waals surface area contributed by atoms with E-state index in [1.807, 2.05) is 18.2 Å². The first-order valence-corrected chi connectivity index (χ1v) is 8.51. The van der Waals surface area contributed by atoms with Crippen molar-refractivity contribution >= 4 is 22.8 Å². The van der Waals surface area contributed by atoms with Crippen molar-refractivity contribution in [2.24, 2.45) is 0 Å². The largest absolute Gasteiger partial charge is 0.491 e. The number of hydrogen-bond donors (Lipinski definition) is 2. The summed E-state index contributed by atoms with van der Waals surface area (Å²) in [6.45, 7) is -0.0529. The summed E-state index contributed by atoms with van der Waals surface area (Å²) in [5, 5.41) is 6.26. The van der Waals surface area contributed by atoms with Gasteiger partial charge in [-0.3, -0.25) is 9.59 Å². The van der Waals surface area contributed by atoms with Gasteiger partial charge < -0.3 is 19.8 Å². The molecule has 2 N–H and O–H groups in total. The number of nitrogens with one attached hydrogen (secondary N) is 2. The smallest absolute Gasteiger partial charge is 0.287 e. The summed E-state index contributed by atoms with van der Waals surface area (Å²) in [5.41, 5.74) is 1.10. The zero-order valence-corrected chi connectivity index (χ0v) is 14.5. The quantitative estimate of drug-likeness (QED) is 0.598. The lowest BCUT2D eigenvalue weighted by Gasteiger charge is -2.07. The Morgan fingerprint density at radius 1 is 0.963 bits per heavy atom. The van der Waals surface area contributed by atoms with Crippen molar-refractivity contribution in [3.05, 3.63) is 65.9 Å². The first-order valence-electron chi connectivity index (χ1n) is 8.51. The molecule has 27 heavy (non-hydrogen) atoms. The van der Waals surface area contributed by atoms with Crippen molar-refractivity contribution in [3.63, 3.8) is 0 Å². The highest BCUT2D eigenvalue weighted by Crippen LogP contribution is 2.18. The van der Waals surface area contributed by atoms with Crippen molar-refractivity contribution in [3.8, 4) is 5.75 Å². The molecule has 2 aromatic carbocycles. The molecule has 0 fully saturated rings. The average Bonchev–Trinajstić information content (AvgIpc) is 3.14. The fraction of sp³-hybridized carbons (Fsp3) is 0.200. The number of fused-ring (bicyclic) bond motifs is 1. The Hall–Kier alpha value is -3.35. The summed E-state index contributed by atoms with van der Waals surface area (Å²) in [5.74, 6) is 0.119. The molecule has 0 atom stereocenters. The summed E-state index contributed by atoms with van der Waals surface area (Å²) in [6.07, 6.45) is 0. The molecule has 3 rings (SSSR count). The fourth-order valence-electron chi connectivity index (χ4n) is 2.49. The van der Waals surface area contributed by atoms with E-state index in [0.717, 1.165) is 5.39 Å². The van der Waals surface area contributed by atoms with Crippen molar-refractivity contribution < 1.29 is 23.1 Å². The molecular formula is C20H19FN2O4. The molecular weight excluding hydrogens is 351 g/mol. The molecule has 1 aromatic heterocycles. The van der Waals surface area contributed by atoms with Crippen LogP contribution in [-0.2, 0) is 0 Å². The molecule has 1 heterocycles. The maximum atomic E-state index is 12.1. The van der Waals surface area contributed by atoms with Crippen molar-refractivity contribution in [2.75, 3.05) is 26.4 Å². The third kappa shape index (κ3) is 4.84.